The molecule has 1 aliphatic rings. The van der Waals surface area contributed by atoms with Crippen molar-refractivity contribution < 1.29 is 27.4 Å². The average Bonchev–Trinajstić information content (AvgIpc) is 2.62. The van der Waals surface area contributed by atoms with Crippen molar-refractivity contribution in [1.29, 1.82) is 0 Å². The molecule has 27 heavy (non-hydrogen) atoms. The lowest BCUT2D eigenvalue weighted by atomic mass is 10.1. The van der Waals surface area contributed by atoms with Crippen molar-refractivity contribution in [3.05, 3.63) is 45.9 Å². The average molecular weight is 432 g/mol. The molecule has 1 heterocycles. The summed E-state index contributed by atoms with van der Waals surface area (Å²) in [6, 6.07) is 7.68. The van der Waals surface area contributed by atoms with Gasteiger partial charge in [0, 0.05) is 11.6 Å². The summed E-state index contributed by atoms with van der Waals surface area (Å²) in [5.74, 6) is 0.834. The first-order chi connectivity index (χ1) is 12.8. The number of amides is 1. The quantitative estimate of drug-likeness (QED) is 0.716. The first-order valence-electron chi connectivity index (χ1n) is 7.72. The second-order valence-electron chi connectivity index (χ2n) is 5.60. The van der Waals surface area contributed by atoms with Crippen LogP contribution in [0.3, 0.4) is 0 Å². The number of rotatable bonds is 5. The van der Waals surface area contributed by atoms with Gasteiger partial charge < -0.3 is 14.2 Å². The van der Waals surface area contributed by atoms with Crippen LogP contribution in [0.4, 0.5) is 4.79 Å². The molecule has 0 bridgehead atoms. The number of halogens is 2. The molecule has 144 valence electrons. The Kier molecular flexibility index (Phi) is 5.41. The highest BCUT2D eigenvalue weighted by atomic mass is 35.5. The highest BCUT2D eigenvalue weighted by Crippen LogP contribution is 2.40. The van der Waals surface area contributed by atoms with E-state index in [-0.39, 0.29) is 33.7 Å². The number of benzene rings is 2. The smallest absolute Gasteiger partial charge is 0.429 e. The maximum Gasteiger partial charge on any atom is 0.429 e. The van der Waals surface area contributed by atoms with Crippen LogP contribution in [-0.4, -0.2) is 39.6 Å². The van der Waals surface area contributed by atoms with Crippen LogP contribution < -0.4 is 14.2 Å². The summed E-state index contributed by atoms with van der Waals surface area (Å²) >= 11 is 11.8. The van der Waals surface area contributed by atoms with Crippen molar-refractivity contribution in [2.45, 2.75) is 11.3 Å². The zero-order valence-corrected chi connectivity index (χ0v) is 16.7. The van der Waals surface area contributed by atoms with E-state index in [1.807, 2.05) is 0 Å². The Morgan fingerprint density at radius 2 is 1.78 bits per heavy atom. The van der Waals surface area contributed by atoms with E-state index >= 15 is 0 Å². The molecule has 2 aromatic carbocycles. The topological polar surface area (TPSA) is 82.1 Å². The maximum absolute atomic E-state index is 12.8. The summed E-state index contributed by atoms with van der Waals surface area (Å²) in [6.07, 6.45) is -0.773. The van der Waals surface area contributed by atoms with Gasteiger partial charge in [-0.3, -0.25) is 0 Å². The zero-order chi connectivity index (χ0) is 19.8. The van der Waals surface area contributed by atoms with E-state index in [1.165, 1.54) is 26.4 Å². The summed E-state index contributed by atoms with van der Waals surface area (Å²) in [5, 5.41) is 0.0779. The first-order valence-corrected chi connectivity index (χ1v) is 9.92. The molecule has 0 N–H and O–H groups in total. The minimum atomic E-state index is -4.14. The van der Waals surface area contributed by atoms with Gasteiger partial charge in [0.15, 0.2) is 17.2 Å². The molecule has 10 heteroatoms. The normalized spacial score (nSPS) is 15.1. The highest BCUT2D eigenvalue weighted by Gasteiger charge is 2.40. The van der Waals surface area contributed by atoms with Crippen molar-refractivity contribution in [3.8, 4) is 17.2 Å². The standard InChI is InChI=1S/C17H15Cl2NO6S/c1-24-13-4-3-10(7-14(13)25-2)5-6-20-17(21)26-16-12(19)8-11(18)9-15(16)27(20,22)23/h3-4,7-9H,5-6H2,1-2H3. The molecule has 0 saturated carbocycles. The Hall–Kier alpha value is -2.16. The molecule has 0 atom stereocenters. The Morgan fingerprint density at radius 1 is 1.07 bits per heavy atom. The number of fused-ring (bicyclic) bond motifs is 1. The van der Waals surface area contributed by atoms with Gasteiger partial charge in [0.1, 0.15) is 4.90 Å². The molecule has 7 nitrogen and oxygen atoms in total. The Bertz CT molecular complexity index is 1010. The summed E-state index contributed by atoms with van der Waals surface area (Å²) in [7, 11) is -1.13. The summed E-state index contributed by atoms with van der Waals surface area (Å²) in [6.45, 7) is -0.125. The van der Waals surface area contributed by atoms with Crippen molar-refractivity contribution in [3.63, 3.8) is 0 Å². The van der Waals surface area contributed by atoms with Gasteiger partial charge in [-0.25, -0.2) is 13.2 Å². The lowest BCUT2D eigenvalue weighted by Gasteiger charge is -2.28. The third-order valence-electron chi connectivity index (χ3n) is 3.99. The number of nitrogens with zero attached hydrogens (tertiary/aromatic N) is 1. The van der Waals surface area contributed by atoms with Crippen molar-refractivity contribution >= 4 is 39.3 Å². The van der Waals surface area contributed by atoms with Crippen LogP contribution in [0.2, 0.25) is 10.0 Å². The molecule has 1 aliphatic heterocycles. The molecule has 0 saturated heterocycles. The van der Waals surface area contributed by atoms with Gasteiger partial charge in [-0.1, -0.05) is 29.3 Å². The molecule has 0 spiro atoms. The van der Waals surface area contributed by atoms with Gasteiger partial charge >= 0.3 is 6.09 Å². The molecule has 1 amide bonds. The van der Waals surface area contributed by atoms with Gasteiger partial charge in [-0.15, -0.1) is 0 Å². The van der Waals surface area contributed by atoms with Crippen LogP contribution in [0.1, 0.15) is 5.56 Å². The lowest BCUT2D eigenvalue weighted by Crippen LogP contribution is -2.43. The highest BCUT2D eigenvalue weighted by molar-refractivity contribution is 7.89. The Morgan fingerprint density at radius 3 is 2.44 bits per heavy atom. The van der Waals surface area contributed by atoms with Gasteiger partial charge in [0.2, 0.25) is 0 Å². The number of methoxy groups -OCH3 is 2. The number of carbonyl (C=O) groups excluding carboxylic acids is 1. The van der Waals surface area contributed by atoms with Gasteiger partial charge in [-0.05, 0) is 36.2 Å². The molecule has 0 fully saturated rings. The Balaban J connectivity index is 1.88. The van der Waals surface area contributed by atoms with E-state index in [2.05, 4.69) is 0 Å². The van der Waals surface area contributed by atoms with Crippen LogP contribution >= 0.6 is 23.2 Å². The van der Waals surface area contributed by atoms with Gasteiger partial charge in [-0.2, -0.15) is 4.31 Å². The van der Waals surface area contributed by atoms with E-state index in [9.17, 15) is 13.2 Å². The fourth-order valence-corrected chi connectivity index (χ4v) is 4.78. The number of hydrogen-bond acceptors (Lipinski definition) is 6. The number of hydrogen-bond donors (Lipinski definition) is 0. The van der Waals surface area contributed by atoms with E-state index in [0.717, 1.165) is 5.56 Å². The van der Waals surface area contributed by atoms with Gasteiger partial charge in [0.05, 0.1) is 19.2 Å². The first kappa shape index (κ1) is 19.6. The molecular formula is C17H15Cl2NO6S. The van der Waals surface area contributed by atoms with Crippen LogP contribution in [0, 0.1) is 0 Å². The van der Waals surface area contributed by atoms with E-state index < -0.39 is 16.1 Å². The molecule has 0 unspecified atom stereocenters. The largest absolute Gasteiger partial charge is 0.493 e. The van der Waals surface area contributed by atoms with E-state index in [4.69, 9.17) is 37.4 Å². The van der Waals surface area contributed by atoms with Crippen LogP contribution in [-0.2, 0) is 16.4 Å². The molecule has 3 rings (SSSR count). The van der Waals surface area contributed by atoms with Crippen molar-refractivity contribution in [1.82, 2.24) is 4.31 Å². The van der Waals surface area contributed by atoms with Crippen LogP contribution in [0.25, 0.3) is 0 Å². The summed E-state index contributed by atoms with van der Waals surface area (Å²) in [5.41, 5.74) is 0.755. The van der Waals surface area contributed by atoms with Gasteiger partial charge in [0.25, 0.3) is 10.0 Å². The second-order valence-corrected chi connectivity index (χ2v) is 8.27. The minimum absolute atomic E-state index is 0.0473. The third kappa shape index (κ3) is 3.65. The van der Waals surface area contributed by atoms with Crippen molar-refractivity contribution in [2.24, 2.45) is 0 Å². The van der Waals surface area contributed by atoms with Crippen LogP contribution in [0.5, 0.6) is 17.2 Å². The maximum atomic E-state index is 12.8. The predicted molar refractivity (Wildman–Crippen MR) is 99.6 cm³/mol. The zero-order valence-electron chi connectivity index (χ0n) is 14.4. The molecule has 0 aromatic heterocycles. The number of sulfonamides is 1. The van der Waals surface area contributed by atoms with Crippen LogP contribution in [0.15, 0.2) is 35.2 Å². The Labute approximate surface area is 166 Å². The lowest BCUT2D eigenvalue weighted by molar-refractivity contribution is 0.174. The SMILES string of the molecule is COc1ccc(CCN2C(=O)Oc3c(Cl)cc(Cl)cc3S2(=O)=O)cc1OC. The summed E-state index contributed by atoms with van der Waals surface area (Å²) < 4.78 is 41.8. The second kappa shape index (κ2) is 7.46. The third-order valence-corrected chi connectivity index (χ3v) is 6.26. The fraction of sp³-hybridized carbons (Fsp3) is 0.235. The van der Waals surface area contributed by atoms with E-state index in [0.29, 0.717) is 15.8 Å². The molecular weight excluding hydrogens is 417 g/mol. The fourth-order valence-electron chi connectivity index (χ4n) is 2.66. The predicted octanol–water partition coefficient (Wildman–Crippen LogP) is 3.76. The summed E-state index contributed by atoms with van der Waals surface area (Å²) in [4.78, 5) is 12.0. The number of ether oxygens (including phenoxy) is 3. The number of carbonyl (C=O) groups is 1. The minimum Gasteiger partial charge on any atom is -0.493 e. The molecule has 0 radical (unpaired) electrons. The monoisotopic (exact) mass is 431 g/mol. The molecule has 0 aliphatic carbocycles. The van der Waals surface area contributed by atoms with E-state index in [1.54, 1.807) is 18.2 Å². The molecule has 2 aromatic rings. The van der Waals surface area contributed by atoms with Crippen molar-refractivity contribution in [2.75, 3.05) is 20.8 Å².